The Morgan fingerprint density at radius 2 is 2.00 bits per heavy atom. The van der Waals surface area contributed by atoms with Crippen molar-refractivity contribution in [3.8, 4) is 5.75 Å². The first-order chi connectivity index (χ1) is 11.6. The summed E-state index contributed by atoms with van der Waals surface area (Å²) in [5, 5.41) is 15.2. The highest BCUT2D eigenvalue weighted by atomic mass is 35.5. The monoisotopic (exact) mass is 349 g/mol. The third-order valence-electron chi connectivity index (χ3n) is 4.43. The normalized spacial score (nSPS) is 17.8. The van der Waals surface area contributed by atoms with Crippen LogP contribution in [-0.2, 0) is 0 Å². The molecule has 1 unspecified atom stereocenters. The maximum atomic E-state index is 10.2. The van der Waals surface area contributed by atoms with Crippen LogP contribution in [0.1, 0.15) is 24.4 Å². The zero-order valence-corrected chi connectivity index (χ0v) is 14.7. The minimum Gasteiger partial charge on any atom is -0.491 e. The van der Waals surface area contributed by atoms with E-state index < -0.39 is 6.10 Å². The Bertz CT molecular complexity index is 636. The van der Waals surface area contributed by atoms with E-state index in [4.69, 9.17) is 16.3 Å². The molecule has 24 heavy (non-hydrogen) atoms. The van der Waals surface area contributed by atoms with Crippen LogP contribution >= 0.6 is 11.6 Å². The number of aliphatic hydroxyl groups is 1. The molecule has 6 heteroatoms. The first kappa shape index (κ1) is 17.3. The highest BCUT2D eigenvalue weighted by Gasteiger charge is 2.22. The number of aryl methyl sites for hydroxylation is 1. The van der Waals surface area contributed by atoms with E-state index in [0.717, 1.165) is 31.7 Å². The topological polar surface area (TPSA) is 50.5 Å². The van der Waals surface area contributed by atoms with Gasteiger partial charge in [-0.15, -0.1) is 0 Å². The summed E-state index contributed by atoms with van der Waals surface area (Å²) in [4.78, 5) is 2.28. The summed E-state index contributed by atoms with van der Waals surface area (Å²) >= 11 is 5.93. The fourth-order valence-electron chi connectivity index (χ4n) is 3.06. The van der Waals surface area contributed by atoms with Crippen LogP contribution in [0.15, 0.2) is 36.7 Å². The standard InChI is InChI=1S/C18H24ClN3O2/c1-14-2-4-18(5-3-14)24-13-17(23)12-21-8-6-16(7-9-21)22-11-15(19)10-20-22/h2-5,10-11,16-17,23H,6-9,12-13H2,1H3. The number of likely N-dealkylation sites (tertiary alicyclic amines) is 1. The molecule has 2 aromatic rings. The number of aliphatic hydroxyl groups excluding tert-OH is 1. The number of piperidine rings is 1. The Labute approximate surface area is 147 Å². The van der Waals surface area contributed by atoms with Gasteiger partial charge in [0.05, 0.1) is 17.3 Å². The van der Waals surface area contributed by atoms with Gasteiger partial charge in [0.25, 0.3) is 0 Å². The minimum absolute atomic E-state index is 0.317. The van der Waals surface area contributed by atoms with Gasteiger partial charge in [0.15, 0.2) is 0 Å². The SMILES string of the molecule is Cc1ccc(OCC(O)CN2CCC(n3cc(Cl)cn3)CC2)cc1. The van der Waals surface area contributed by atoms with Crippen LogP contribution < -0.4 is 4.74 Å². The van der Waals surface area contributed by atoms with E-state index in [1.165, 1.54) is 5.56 Å². The quantitative estimate of drug-likeness (QED) is 0.871. The molecule has 1 atom stereocenters. The van der Waals surface area contributed by atoms with Gasteiger partial charge in [0.2, 0.25) is 0 Å². The zero-order chi connectivity index (χ0) is 16.9. The Kier molecular flexibility index (Phi) is 5.76. The van der Waals surface area contributed by atoms with Crippen LogP contribution in [0.4, 0.5) is 0 Å². The third kappa shape index (κ3) is 4.72. The van der Waals surface area contributed by atoms with Crippen molar-refractivity contribution < 1.29 is 9.84 Å². The molecule has 1 aromatic carbocycles. The van der Waals surface area contributed by atoms with E-state index in [0.29, 0.717) is 24.2 Å². The van der Waals surface area contributed by atoms with Gasteiger partial charge in [-0.3, -0.25) is 4.68 Å². The summed E-state index contributed by atoms with van der Waals surface area (Å²) in [6.07, 6.45) is 5.11. The second-order valence-electron chi connectivity index (χ2n) is 6.45. The molecule has 130 valence electrons. The minimum atomic E-state index is -0.484. The van der Waals surface area contributed by atoms with Gasteiger partial charge in [0, 0.05) is 25.8 Å². The van der Waals surface area contributed by atoms with Crippen molar-refractivity contribution in [3.05, 3.63) is 47.2 Å². The lowest BCUT2D eigenvalue weighted by atomic mass is 10.1. The van der Waals surface area contributed by atoms with Crippen LogP contribution in [0.2, 0.25) is 5.02 Å². The molecule has 1 aromatic heterocycles. The van der Waals surface area contributed by atoms with Gasteiger partial charge in [-0.25, -0.2) is 0 Å². The molecule has 3 rings (SSSR count). The van der Waals surface area contributed by atoms with Gasteiger partial charge >= 0.3 is 0 Å². The number of aromatic nitrogens is 2. The molecule has 0 bridgehead atoms. The number of benzene rings is 1. The fourth-order valence-corrected chi connectivity index (χ4v) is 3.20. The lowest BCUT2D eigenvalue weighted by Gasteiger charge is -2.33. The number of β-amino-alcohol motifs (C(OH)–C–C–N with tert-alkyl or cyclic N) is 1. The van der Waals surface area contributed by atoms with Crippen molar-refractivity contribution in [1.82, 2.24) is 14.7 Å². The number of halogens is 1. The van der Waals surface area contributed by atoms with Crippen molar-refractivity contribution in [2.24, 2.45) is 0 Å². The predicted octanol–water partition coefficient (Wildman–Crippen LogP) is 2.92. The highest BCUT2D eigenvalue weighted by Crippen LogP contribution is 2.23. The van der Waals surface area contributed by atoms with E-state index in [1.807, 2.05) is 42.1 Å². The predicted molar refractivity (Wildman–Crippen MR) is 94.6 cm³/mol. The smallest absolute Gasteiger partial charge is 0.119 e. The van der Waals surface area contributed by atoms with Crippen molar-refractivity contribution in [2.45, 2.75) is 31.9 Å². The first-order valence-corrected chi connectivity index (χ1v) is 8.77. The Morgan fingerprint density at radius 3 is 2.62 bits per heavy atom. The van der Waals surface area contributed by atoms with Crippen molar-refractivity contribution in [3.63, 3.8) is 0 Å². The number of hydrogen-bond donors (Lipinski definition) is 1. The first-order valence-electron chi connectivity index (χ1n) is 8.39. The van der Waals surface area contributed by atoms with Gasteiger partial charge in [0.1, 0.15) is 18.5 Å². The molecule has 1 N–H and O–H groups in total. The average Bonchev–Trinajstić information content (AvgIpc) is 3.01. The Morgan fingerprint density at radius 1 is 1.29 bits per heavy atom. The van der Waals surface area contributed by atoms with Gasteiger partial charge in [-0.05, 0) is 31.9 Å². The maximum Gasteiger partial charge on any atom is 0.119 e. The van der Waals surface area contributed by atoms with E-state index in [1.54, 1.807) is 6.20 Å². The molecule has 1 fully saturated rings. The summed E-state index contributed by atoms with van der Waals surface area (Å²) < 4.78 is 7.61. The molecule has 0 amide bonds. The van der Waals surface area contributed by atoms with Crippen LogP contribution in [0.5, 0.6) is 5.75 Å². The summed E-state index contributed by atoms with van der Waals surface area (Å²) in [7, 11) is 0. The van der Waals surface area contributed by atoms with Gasteiger partial charge in [-0.2, -0.15) is 5.10 Å². The summed E-state index contributed by atoms with van der Waals surface area (Å²) in [6, 6.07) is 8.28. The van der Waals surface area contributed by atoms with Crippen molar-refractivity contribution >= 4 is 11.6 Å². The lowest BCUT2D eigenvalue weighted by molar-refractivity contribution is 0.0550. The van der Waals surface area contributed by atoms with Crippen LogP contribution in [0, 0.1) is 6.92 Å². The lowest BCUT2D eigenvalue weighted by Crippen LogP contribution is -2.41. The second kappa shape index (κ2) is 8.01. The molecule has 1 aliphatic heterocycles. The molecule has 0 saturated carbocycles. The van der Waals surface area contributed by atoms with Crippen LogP contribution in [0.3, 0.4) is 0 Å². The molecular formula is C18H24ClN3O2. The van der Waals surface area contributed by atoms with Crippen LogP contribution in [0.25, 0.3) is 0 Å². The largest absolute Gasteiger partial charge is 0.491 e. The highest BCUT2D eigenvalue weighted by molar-refractivity contribution is 6.30. The summed E-state index contributed by atoms with van der Waals surface area (Å²) in [5.41, 5.74) is 1.20. The van der Waals surface area contributed by atoms with Crippen molar-refractivity contribution in [1.29, 1.82) is 0 Å². The van der Waals surface area contributed by atoms with E-state index in [2.05, 4.69) is 10.00 Å². The zero-order valence-electron chi connectivity index (χ0n) is 13.9. The molecule has 2 heterocycles. The van der Waals surface area contributed by atoms with E-state index in [9.17, 15) is 5.11 Å². The van der Waals surface area contributed by atoms with Gasteiger partial charge in [-0.1, -0.05) is 29.3 Å². The molecule has 1 saturated heterocycles. The van der Waals surface area contributed by atoms with Crippen molar-refractivity contribution in [2.75, 3.05) is 26.2 Å². The average molecular weight is 350 g/mol. The van der Waals surface area contributed by atoms with Crippen LogP contribution in [-0.4, -0.2) is 52.1 Å². The fraction of sp³-hybridized carbons (Fsp3) is 0.500. The Hall–Kier alpha value is -1.56. The molecule has 1 aliphatic rings. The summed E-state index contributed by atoms with van der Waals surface area (Å²) in [6.45, 7) is 4.89. The molecule has 0 spiro atoms. The van der Waals surface area contributed by atoms with E-state index >= 15 is 0 Å². The molecular weight excluding hydrogens is 326 g/mol. The number of ether oxygens (including phenoxy) is 1. The second-order valence-corrected chi connectivity index (χ2v) is 6.88. The molecule has 0 aliphatic carbocycles. The summed E-state index contributed by atoms with van der Waals surface area (Å²) in [5.74, 6) is 0.800. The number of nitrogens with zero attached hydrogens (tertiary/aromatic N) is 3. The van der Waals surface area contributed by atoms with E-state index in [-0.39, 0.29) is 0 Å². The maximum absolute atomic E-state index is 10.2. The molecule has 0 radical (unpaired) electrons. The third-order valence-corrected chi connectivity index (χ3v) is 4.63. The van der Waals surface area contributed by atoms with Gasteiger partial charge < -0.3 is 14.7 Å². The Balaban J connectivity index is 1.39. The number of rotatable bonds is 6. The number of hydrogen-bond acceptors (Lipinski definition) is 4. The molecule has 5 nitrogen and oxygen atoms in total.